The van der Waals surface area contributed by atoms with Crippen molar-refractivity contribution in [2.45, 2.75) is 6.92 Å². The fourth-order valence-corrected chi connectivity index (χ4v) is 1.77. The summed E-state index contributed by atoms with van der Waals surface area (Å²) in [7, 11) is 5.58. The van der Waals surface area contributed by atoms with Gasteiger partial charge in [0, 0.05) is 45.7 Å². The second kappa shape index (κ2) is 6.99. The van der Waals surface area contributed by atoms with Crippen LogP contribution in [0.2, 0.25) is 0 Å². The van der Waals surface area contributed by atoms with E-state index in [1.807, 2.05) is 32.0 Å². The number of likely N-dealkylation sites (N-methyl/N-ethyl adjacent to an activating group) is 1. The third-order valence-corrected chi connectivity index (χ3v) is 2.85. The summed E-state index contributed by atoms with van der Waals surface area (Å²) >= 11 is 0. The first-order valence-electron chi connectivity index (χ1n) is 6.37. The van der Waals surface area contributed by atoms with Crippen molar-refractivity contribution in [1.82, 2.24) is 4.90 Å². The molecule has 0 radical (unpaired) electrons. The Hall–Kier alpha value is -1.75. The van der Waals surface area contributed by atoms with E-state index in [1.54, 1.807) is 24.1 Å². The molecule has 1 rings (SSSR count). The first-order valence-corrected chi connectivity index (χ1v) is 6.37. The molecule has 2 N–H and O–H groups in total. The van der Waals surface area contributed by atoms with Gasteiger partial charge in [0.25, 0.3) is 5.91 Å². The Bertz CT molecular complexity index is 433. The molecule has 0 spiro atoms. The van der Waals surface area contributed by atoms with E-state index in [4.69, 9.17) is 10.5 Å². The van der Waals surface area contributed by atoms with E-state index in [1.165, 1.54) is 0 Å². The average Bonchev–Trinajstić information content (AvgIpc) is 2.37. The zero-order chi connectivity index (χ0) is 14.4. The first-order chi connectivity index (χ1) is 8.97. The van der Waals surface area contributed by atoms with Crippen LogP contribution >= 0.6 is 0 Å². The molecule has 0 fully saturated rings. The molecule has 0 unspecified atom stereocenters. The van der Waals surface area contributed by atoms with Crippen molar-refractivity contribution in [3.8, 4) is 0 Å². The van der Waals surface area contributed by atoms with Crippen LogP contribution in [-0.4, -0.2) is 51.7 Å². The minimum absolute atomic E-state index is 0.0456. The van der Waals surface area contributed by atoms with Gasteiger partial charge in [-0.2, -0.15) is 0 Å². The molecule has 0 heterocycles. The van der Waals surface area contributed by atoms with Gasteiger partial charge < -0.3 is 20.3 Å². The van der Waals surface area contributed by atoms with Crippen LogP contribution in [0.3, 0.4) is 0 Å². The van der Waals surface area contributed by atoms with Crippen LogP contribution in [0, 0.1) is 0 Å². The molecule has 5 nitrogen and oxygen atoms in total. The van der Waals surface area contributed by atoms with Crippen LogP contribution in [0.15, 0.2) is 18.2 Å². The predicted octanol–water partition coefficient (Wildman–Crippen LogP) is 1.44. The van der Waals surface area contributed by atoms with Crippen LogP contribution in [0.1, 0.15) is 17.3 Å². The second-order valence-corrected chi connectivity index (χ2v) is 4.59. The molecule has 5 heteroatoms. The van der Waals surface area contributed by atoms with Crippen molar-refractivity contribution in [1.29, 1.82) is 0 Å². The van der Waals surface area contributed by atoms with E-state index in [-0.39, 0.29) is 5.91 Å². The van der Waals surface area contributed by atoms with Crippen LogP contribution in [0.4, 0.5) is 11.4 Å². The lowest BCUT2D eigenvalue weighted by Crippen LogP contribution is -2.31. The maximum Gasteiger partial charge on any atom is 0.255 e. The van der Waals surface area contributed by atoms with Crippen molar-refractivity contribution >= 4 is 17.3 Å². The molecule has 19 heavy (non-hydrogen) atoms. The van der Waals surface area contributed by atoms with Gasteiger partial charge in [-0.3, -0.25) is 4.79 Å². The molecule has 0 aliphatic rings. The summed E-state index contributed by atoms with van der Waals surface area (Å²) in [5.74, 6) is -0.0456. The van der Waals surface area contributed by atoms with Gasteiger partial charge in [-0.15, -0.1) is 0 Å². The van der Waals surface area contributed by atoms with E-state index in [0.29, 0.717) is 31.0 Å². The number of ether oxygens (including phenoxy) is 1. The number of nitrogen functional groups attached to an aromatic ring is 1. The largest absolute Gasteiger partial charge is 0.399 e. The number of nitrogens with zero attached hydrogens (tertiary/aromatic N) is 2. The van der Waals surface area contributed by atoms with Gasteiger partial charge in [-0.25, -0.2) is 0 Å². The van der Waals surface area contributed by atoms with Gasteiger partial charge >= 0.3 is 0 Å². The van der Waals surface area contributed by atoms with Crippen molar-refractivity contribution in [3.63, 3.8) is 0 Å². The quantitative estimate of drug-likeness (QED) is 0.624. The highest BCUT2D eigenvalue weighted by Gasteiger charge is 2.17. The third-order valence-electron chi connectivity index (χ3n) is 2.85. The summed E-state index contributed by atoms with van der Waals surface area (Å²) in [6.07, 6.45) is 0. The Morgan fingerprint density at radius 3 is 2.58 bits per heavy atom. The Morgan fingerprint density at radius 1 is 1.32 bits per heavy atom. The lowest BCUT2D eigenvalue weighted by molar-refractivity contribution is 0.0710. The molecule has 0 aromatic heterocycles. The summed E-state index contributed by atoms with van der Waals surface area (Å²) in [5.41, 5.74) is 7.84. The summed E-state index contributed by atoms with van der Waals surface area (Å²) in [6.45, 7) is 3.69. The summed E-state index contributed by atoms with van der Waals surface area (Å²) in [5, 5.41) is 0. The number of anilines is 2. The lowest BCUT2D eigenvalue weighted by atomic mass is 10.1. The van der Waals surface area contributed by atoms with E-state index in [2.05, 4.69) is 0 Å². The van der Waals surface area contributed by atoms with Crippen LogP contribution in [0.5, 0.6) is 0 Å². The summed E-state index contributed by atoms with van der Waals surface area (Å²) < 4.78 is 5.26. The molecule has 1 amide bonds. The zero-order valence-electron chi connectivity index (χ0n) is 12.1. The number of carbonyl (C=O) groups is 1. The Balaban J connectivity index is 2.88. The highest BCUT2D eigenvalue weighted by Crippen LogP contribution is 2.22. The van der Waals surface area contributed by atoms with Gasteiger partial charge in [0.1, 0.15) is 0 Å². The SMILES string of the molecule is CCOCCN(C)C(=O)c1cc(N)ccc1N(C)C. The second-order valence-electron chi connectivity index (χ2n) is 4.59. The highest BCUT2D eigenvalue weighted by molar-refractivity contribution is 6.00. The Morgan fingerprint density at radius 2 is 2.00 bits per heavy atom. The molecule has 0 bridgehead atoms. The van der Waals surface area contributed by atoms with Gasteiger partial charge in [0.15, 0.2) is 0 Å². The fourth-order valence-electron chi connectivity index (χ4n) is 1.77. The molecule has 1 aromatic rings. The average molecular weight is 265 g/mol. The Kier molecular flexibility index (Phi) is 5.63. The first kappa shape index (κ1) is 15.3. The number of nitrogens with two attached hydrogens (primary N) is 1. The predicted molar refractivity (Wildman–Crippen MR) is 78.6 cm³/mol. The van der Waals surface area contributed by atoms with E-state index in [9.17, 15) is 4.79 Å². The molecule has 0 atom stereocenters. The van der Waals surface area contributed by atoms with Gasteiger partial charge in [0.2, 0.25) is 0 Å². The number of hydrogen-bond acceptors (Lipinski definition) is 4. The van der Waals surface area contributed by atoms with E-state index >= 15 is 0 Å². The normalized spacial score (nSPS) is 10.3. The Labute approximate surface area is 114 Å². The number of hydrogen-bond donors (Lipinski definition) is 1. The maximum atomic E-state index is 12.4. The molecule has 106 valence electrons. The third kappa shape index (κ3) is 4.13. The lowest BCUT2D eigenvalue weighted by Gasteiger charge is -2.22. The van der Waals surface area contributed by atoms with Gasteiger partial charge in [-0.05, 0) is 25.1 Å². The summed E-state index contributed by atoms with van der Waals surface area (Å²) in [4.78, 5) is 16.0. The number of carbonyl (C=O) groups excluding carboxylic acids is 1. The van der Waals surface area contributed by atoms with Crippen molar-refractivity contribution < 1.29 is 9.53 Å². The molecule has 0 saturated heterocycles. The van der Waals surface area contributed by atoms with Crippen molar-refractivity contribution in [2.75, 3.05) is 51.5 Å². The number of amides is 1. The molecule has 0 saturated carbocycles. The van der Waals surface area contributed by atoms with E-state index in [0.717, 1.165) is 5.69 Å². The van der Waals surface area contributed by atoms with Crippen molar-refractivity contribution in [2.24, 2.45) is 0 Å². The highest BCUT2D eigenvalue weighted by atomic mass is 16.5. The standard InChI is InChI=1S/C14H23N3O2/c1-5-19-9-8-17(4)14(18)12-10-11(15)6-7-13(12)16(2)3/h6-7,10H,5,8-9,15H2,1-4H3. The van der Waals surface area contributed by atoms with Crippen molar-refractivity contribution in [3.05, 3.63) is 23.8 Å². The smallest absolute Gasteiger partial charge is 0.255 e. The van der Waals surface area contributed by atoms with E-state index < -0.39 is 0 Å². The minimum Gasteiger partial charge on any atom is -0.399 e. The summed E-state index contributed by atoms with van der Waals surface area (Å²) in [6, 6.07) is 5.38. The fraction of sp³-hybridized carbons (Fsp3) is 0.500. The minimum atomic E-state index is -0.0456. The molecule has 0 aliphatic heterocycles. The van der Waals surface area contributed by atoms with Crippen LogP contribution in [-0.2, 0) is 4.74 Å². The molecule has 0 aliphatic carbocycles. The topological polar surface area (TPSA) is 58.8 Å². The molecule has 1 aromatic carbocycles. The zero-order valence-corrected chi connectivity index (χ0v) is 12.1. The van der Waals surface area contributed by atoms with Crippen LogP contribution in [0.25, 0.3) is 0 Å². The number of rotatable bonds is 6. The van der Waals surface area contributed by atoms with Crippen LogP contribution < -0.4 is 10.6 Å². The molecular weight excluding hydrogens is 242 g/mol. The number of benzene rings is 1. The maximum absolute atomic E-state index is 12.4. The van der Waals surface area contributed by atoms with Gasteiger partial charge in [-0.1, -0.05) is 0 Å². The van der Waals surface area contributed by atoms with Gasteiger partial charge in [0.05, 0.1) is 12.2 Å². The monoisotopic (exact) mass is 265 g/mol. The molecular formula is C14H23N3O2.